The molecule has 1 N–H and O–H groups in total. The maximum atomic E-state index is 12.1. The molecule has 4 heteroatoms. The van der Waals surface area contributed by atoms with E-state index in [1.807, 2.05) is 61.5 Å². The van der Waals surface area contributed by atoms with E-state index in [-0.39, 0.29) is 11.9 Å². The maximum Gasteiger partial charge on any atom is 0.244 e. The van der Waals surface area contributed by atoms with Gasteiger partial charge in [0.1, 0.15) is 11.5 Å². The van der Waals surface area contributed by atoms with Gasteiger partial charge in [-0.25, -0.2) is 0 Å². The molecule has 0 radical (unpaired) electrons. The zero-order chi connectivity index (χ0) is 18.2. The van der Waals surface area contributed by atoms with Gasteiger partial charge in [0.2, 0.25) is 5.91 Å². The first kappa shape index (κ1) is 17.4. The van der Waals surface area contributed by atoms with Crippen molar-refractivity contribution in [2.24, 2.45) is 0 Å². The second-order valence-electron chi connectivity index (χ2n) is 5.83. The first-order valence-electron chi connectivity index (χ1n) is 8.42. The Kier molecular flexibility index (Phi) is 5.78. The molecule has 2 aromatic carbocycles. The topological polar surface area (TPSA) is 51.2 Å². The molecule has 1 heterocycles. The van der Waals surface area contributed by atoms with Crippen LogP contribution in [0.1, 0.15) is 24.1 Å². The molecule has 0 fully saturated rings. The fourth-order valence-corrected chi connectivity index (χ4v) is 2.47. The number of carbonyl (C=O) groups excluding carboxylic acids is 1. The number of rotatable bonds is 6. The van der Waals surface area contributed by atoms with Crippen LogP contribution in [0.5, 0.6) is 11.5 Å². The lowest BCUT2D eigenvalue weighted by molar-refractivity contribution is -0.117. The molecule has 1 unspecified atom stereocenters. The van der Waals surface area contributed by atoms with Gasteiger partial charge in [0.15, 0.2) is 0 Å². The molecule has 26 heavy (non-hydrogen) atoms. The van der Waals surface area contributed by atoms with Crippen molar-refractivity contribution < 1.29 is 9.53 Å². The highest BCUT2D eigenvalue weighted by Crippen LogP contribution is 2.24. The summed E-state index contributed by atoms with van der Waals surface area (Å²) in [5.41, 5.74) is 1.96. The summed E-state index contributed by atoms with van der Waals surface area (Å²) < 4.78 is 5.81. The molecule has 0 aliphatic carbocycles. The largest absolute Gasteiger partial charge is 0.457 e. The number of ether oxygens (including phenoxy) is 1. The summed E-state index contributed by atoms with van der Waals surface area (Å²) in [5.74, 6) is 1.30. The van der Waals surface area contributed by atoms with Gasteiger partial charge in [-0.05, 0) is 48.4 Å². The molecule has 4 nitrogen and oxygen atoms in total. The molecule has 0 saturated heterocycles. The normalized spacial score (nSPS) is 11.9. The predicted octanol–water partition coefficient (Wildman–Crippen LogP) is 4.76. The van der Waals surface area contributed by atoms with E-state index in [2.05, 4.69) is 10.3 Å². The highest BCUT2D eigenvalue weighted by atomic mass is 16.5. The molecule has 1 atom stereocenters. The zero-order valence-electron chi connectivity index (χ0n) is 14.5. The summed E-state index contributed by atoms with van der Waals surface area (Å²) in [6, 6.07) is 20.9. The molecule has 0 saturated carbocycles. The Labute approximate surface area is 153 Å². The van der Waals surface area contributed by atoms with Crippen molar-refractivity contribution in [3.8, 4) is 11.5 Å². The van der Waals surface area contributed by atoms with E-state index in [1.54, 1.807) is 36.7 Å². The lowest BCUT2D eigenvalue weighted by Crippen LogP contribution is -2.24. The monoisotopic (exact) mass is 344 g/mol. The van der Waals surface area contributed by atoms with Crippen LogP contribution in [0.2, 0.25) is 0 Å². The molecule has 0 spiro atoms. The highest BCUT2D eigenvalue weighted by Gasteiger charge is 2.09. The molecule has 0 aliphatic heterocycles. The Balaban J connectivity index is 1.62. The Hall–Kier alpha value is -3.40. The molecule has 1 aromatic heterocycles. The van der Waals surface area contributed by atoms with Crippen LogP contribution >= 0.6 is 0 Å². The third-order valence-corrected chi connectivity index (χ3v) is 3.83. The second kappa shape index (κ2) is 8.62. The van der Waals surface area contributed by atoms with Crippen LogP contribution in [0.4, 0.5) is 0 Å². The SMILES string of the molecule is CC(NC(=O)/C=C/c1ccccc1)c1cccc(Oc2ccncc2)c1. The standard InChI is InChI=1S/C22H20N2O2/c1-17(24-22(25)11-10-18-6-3-2-4-7-18)19-8-5-9-21(16-19)26-20-12-14-23-15-13-20/h2-17H,1H3,(H,24,25)/b11-10+. The summed E-state index contributed by atoms with van der Waals surface area (Å²) in [6.07, 6.45) is 6.70. The van der Waals surface area contributed by atoms with Crippen LogP contribution in [0, 0.1) is 0 Å². The first-order chi connectivity index (χ1) is 12.7. The van der Waals surface area contributed by atoms with Crippen molar-refractivity contribution in [1.29, 1.82) is 0 Å². The van der Waals surface area contributed by atoms with E-state index in [0.717, 1.165) is 22.6 Å². The van der Waals surface area contributed by atoms with Crippen molar-refractivity contribution in [1.82, 2.24) is 10.3 Å². The quantitative estimate of drug-likeness (QED) is 0.656. The number of pyridine rings is 1. The van der Waals surface area contributed by atoms with Crippen molar-refractivity contribution in [3.05, 3.63) is 96.3 Å². The number of aromatic nitrogens is 1. The average Bonchev–Trinajstić information content (AvgIpc) is 2.68. The fraction of sp³-hybridized carbons (Fsp3) is 0.0909. The Morgan fingerprint density at radius 2 is 1.77 bits per heavy atom. The van der Waals surface area contributed by atoms with Crippen LogP contribution < -0.4 is 10.1 Å². The maximum absolute atomic E-state index is 12.1. The number of nitrogens with zero attached hydrogens (tertiary/aromatic N) is 1. The van der Waals surface area contributed by atoms with Crippen LogP contribution in [0.3, 0.4) is 0 Å². The minimum atomic E-state index is -0.137. The fourth-order valence-electron chi connectivity index (χ4n) is 2.47. The van der Waals surface area contributed by atoms with Gasteiger partial charge in [-0.3, -0.25) is 9.78 Å². The lowest BCUT2D eigenvalue weighted by atomic mass is 10.1. The van der Waals surface area contributed by atoms with Crippen molar-refractivity contribution in [2.45, 2.75) is 13.0 Å². The Bertz CT molecular complexity index is 877. The third kappa shape index (κ3) is 5.05. The molecule has 0 aliphatic rings. The van der Waals surface area contributed by atoms with Gasteiger partial charge in [-0.2, -0.15) is 0 Å². The number of hydrogen-bond acceptors (Lipinski definition) is 3. The van der Waals surface area contributed by atoms with E-state index in [4.69, 9.17) is 4.74 Å². The summed E-state index contributed by atoms with van der Waals surface area (Å²) in [7, 11) is 0. The van der Waals surface area contributed by atoms with Gasteiger partial charge in [0.25, 0.3) is 0 Å². The smallest absolute Gasteiger partial charge is 0.244 e. The number of nitrogens with one attached hydrogen (secondary N) is 1. The van der Waals surface area contributed by atoms with E-state index in [1.165, 1.54) is 0 Å². The summed E-state index contributed by atoms with van der Waals surface area (Å²) in [5, 5.41) is 2.97. The molecule has 130 valence electrons. The number of carbonyl (C=O) groups is 1. The highest BCUT2D eigenvalue weighted by molar-refractivity contribution is 5.91. The Morgan fingerprint density at radius 1 is 1.00 bits per heavy atom. The summed E-state index contributed by atoms with van der Waals surface area (Å²) in [4.78, 5) is 16.1. The number of hydrogen-bond donors (Lipinski definition) is 1. The number of benzene rings is 2. The van der Waals surface area contributed by atoms with E-state index in [0.29, 0.717) is 0 Å². The van der Waals surface area contributed by atoms with Crippen molar-refractivity contribution in [2.75, 3.05) is 0 Å². The van der Waals surface area contributed by atoms with Gasteiger partial charge in [0.05, 0.1) is 6.04 Å². The van der Waals surface area contributed by atoms with Gasteiger partial charge in [0, 0.05) is 18.5 Å². The van der Waals surface area contributed by atoms with Crippen molar-refractivity contribution >= 4 is 12.0 Å². The average molecular weight is 344 g/mol. The summed E-state index contributed by atoms with van der Waals surface area (Å²) in [6.45, 7) is 1.94. The number of amides is 1. The molecular formula is C22H20N2O2. The van der Waals surface area contributed by atoms with Crippen LogP contribution in [-0.2, 0) is 4.79 Å². The van der Waals surface area contributed by atoms with E-state index >= 15 is 0 Å². The van der Waals surface area contributed by atoms with Gasteiger partial charge in [-0.1, -0.05) is 42.5 Å². The third-order valence-electron chi connectivity index (χ3n) is 3.83. The molecule has 1 amide bonds. The van der Waals surface area contributed by atoms with Gasteiger partial charge < -0.3 is 10.1 Å². The Morgan fingerprint density at radius 3 is 2.54 bits per heavy atom. The second-order valence-corrected chi connectivity index (χ2v) is 5.83. The van der Waals surface area contributed by atoms with E-state index in [9.17, 15) is 4.79 Å². The minimum Gasteiger partial charge on any atom is -0.457 e. The van der Waals surface area contributed by atoms with Crippen LogP contribution in [-0.4, -0.2) is 10.9 Å². The lowest BCUT2D eigenvalue weighted by Gasteiger charge is -2.14. The molecule has 0 bridgehead atoms. The molecule has 3 aromatic rings. The van der Waals surface area contributed by atoms with E-state index < -0.39 is 0 Å². The first-order valence-corrected chi connectivity index (χ1v) is 8.42. The minimum absolute atomic E-state index is 0.135. The zero-order valence-corrected chi connectivity index (χ0v) is 14.5. The van der Waals surface area contributed by atoms with Gasteiger partial charge in [-0.15, -0.1) is 0 Å². The van der Waals surface area contributed by atoms with Crippen molar-refractivity contribution in [3.63, 3.8) is 0 Å². The van der Waals surface area contributed by atoms with Crippen LogP contribution in [0.15, 0.2) is 85.2 Å². The molecular weight excluding hydrogens is 324 g/mol. The predicted molar refractivity (Wildman–Crippen MR) is 103 cm³/mol. The van der Waals surface area contributed by atoms with Gasteiger partial charge >= 0.3 is 0 Å². The summed E-state index contributed by atoms with van der Waals surface area (Å²) >= 11 is 0. The molecule has 3 rings (SSSR count). The van der Waals surface area contributed by atoms with Crippen LogP contribution in [0.25, 0.3) is 6.08 Å².